The van der Waals surface area contributed by atoms with Crippen LogP contribution in [0.15, 0.2) is 47.4 Å². The van der Waals surface area contributed by atoms with E-state index < -0.39 is 6.10 Å². The quantitative estimate of drug-likeness (QED) is 0.680. The van der Waals surface area contributed by atoms with Crippen LogP contribution in [0.1, 0.15) is 56.6 Å². The molecule has 0 radical (unpaired) electrons. The number of thioether (sulfide) groups is 1. The van der Waals surface area contributed by atoms with Crippen molar-refractivity contribution in [2.75, 3.05) is 12.9 Å². The Morgan fingerprint density at radius 2 is 1.89 bits per heavy atom. The van der Waals surface area contributed by atoms with Gasteiger partial charge < -0.3 is 14.9 Å². The lowest BCUT2D eigenvalue weighted by atomic mass is 9.69. The van der Waals surface area contributed by atoms with Gasteiger partial charge in [0.15, 0.2) is 0 Å². The van der Waals surface area contributed by atoms with E-state index >= 15 is 0 Å². The lowest BCUT2D eigenvalue weighted by molar-refractivity contribution is 0.0182. The predicted octanol–water partition coefficient (Wildman–Crippen LogP) is 5.59. The summed E-state index contributed by atoms with van der Waals surface area (Å²) in [5.41, 5.74) is 2.02. The monoisotopic (exact) mass is 386 g/mol. The van der Waals surface area contributed by atoms with Crippen molar-refractivity contribution in [3.05, 3.63) is 53.6 Å². The summed E-state index contributed by atoms with van der Waals surface area (Å²) in [4.78, 5) is 1.21. The highest BCUT2D eigenvalue weighted by atomic mass is 32.2. The normalized spacial score (nSPS) is 24.9. The Morgan fingerprint density at radius 3 is 2.52 bits per heavy atom. The molecule has 3 atom stereocenters. The highest BCUT2D eigenvalue weighted by molar-refractivity contribution is 7.99. The number of aliphatic hydroxyl groups excluding tert-OH is 1. The van der Waals surface area contributed by atoms with Gasteiger partial charge in [0.25, 0.3) is 0 Å². The van der Waals surface area contributed by atoms with Gasteiger partial charge in [0.05, 0.1) is 13.2 Å². The Morgan fingerprint density at radius 1 is 1.15 bits per heavy atom. The third-order valence-corrected chi connectivity index (χ3v) is 7.40. The average molecular weight is 387 g/mol. The van der Waals surface area contributed by atoms with Crippen molar-refractivity contribution in [2.45, 2.75) is 56.4 Å². The van der Waals surface area contributed by atoms with Crippen LogP contribution in [-0.2, 0) is 0 Å². The fraction of sp³-hybridized carbons (Fsp3) is 0.478. The van der Waals surface area contributed by atoms with Crippen LogP contribution in [-0.4, -0.2) is 29.2 Å². The predicted molar refractivity (Wildman–Crippen MR) is 112 cm³/mol. The van der Waals surface area contributed by atoms with E-state index in [4.69, 9.17) is 4.74 Å². The fourth-order valence-corrected chi connectivity index (χ4v) is 5.62. The first kappa shape index (κ1) is 20.1. The van der Waals surface area contributed by atoms with Crippen molar-refractivity contribution < 1.29 is 14.9 Å². The molecule has 3 rings (SSSR count). The van der Waals surface area contributed by atoms with Gasteiger partial charge >= 0.3 is 0 Å². The van der Waals surface area contributed by atoms with Crippen LogP contribution < -0.4 is 4.74 Å². The van der Waals surface area contributed by atoms with Gasteiger partial charge in [-0.25, -0.2) is 0 Å². The Balaban J connectivity index is 2.14. The van der Waals surface area contributed by atoms with Crippen LogP contribution >= 0.6 is 11.8 Å². The number of benzene rings is 2. The summed E-state index contributed by atoms with van der Waals surface area (Å²) in [6.45, 7) is 4.40. The van der Waals surface area contributed by atoms with Crippen LogP contribution in [0.2, 0.25) is 0 Å². The van der Waals surface area contributed by atoms with Gasteiger partial charge in [0.2, 0.25) is 0 Å². The molecule has 2 N–H and O–H groups in total. The molecule has 146 valence electrons. The average Bonchev–Trinajstić information content (AvgIpc) is 2.81. The fourth-order valence-electron chi connectivity index (χ4n) is 4.14. The Bertz CT molecular complexity index is 759. The molecule has 0 aromatic heterocycles. The van der Waals surface area contributed by atoms with Crippen molar-refractivity contribution in [1.82, 2.24) is 0 Å². The second kappa shape index (κ2) is 8.57. The molecule has 2 aromatic carbocycles. The van der Waals surface area contributed by atoms with Crippen molar-refractivity contribution in [1.29, 1.82) is 0 Å². The van der Waals surface area contributed by atoms with E-state index in [9.17, 15) is 10.2 Å². The molecule has 2 aromatic rings. The van der Waals surface area contributed by atoms with Crippen molar-refractivity contribution in [3.8, 4) is 11.5 Å². The van der Waals surface area contributed by atoms with Crippen LogP contribution in [0.5, 0.6) is 11.5 Å². The molecule has 4 heteroatoms. The minimum Gasteiger partial charge on any atom is -0.508 e. The molecule has 0 saturated heterocycles. The zero-order valence-electron chi connectivity index (χ0n) is 16.4. The lowest BCUT2D eigenvalue weighted by Gasteiger charge is -2.39. The summed E-state index contributed by atoms with van der Waals surface area (Å²) in [7, 11) is 1.68. The van der Waals surface area contributed by atoms with Crippen molar-refractivity contribution in [3.63, 3.8) is 0 Å². The first-order chi connectivity index (χ1) is 13.0. The molecule has 3 nitrogen and oxygen atoms in total. The number of ether oxygens (including phenoxy) is 1. The standard InChI is InChI=1S/C23H30O3S/c1-4-6-13-23(5-2)15-27-20-12-11-18(26-3)14-19(20)21(22(23)25)16-7-9-17(24)10-8-16/h7-12,14,21-22,24-25H,4-6,13,15H2,1-3H3/t21-,22-,23-/m1/s1. The van der Waals surface area contributed by atoms with E-state index in [0.717, 1.165) is 48.3 Å². The van der Waals surface area contributed by atoms with Crippen molar-refractivity contribution in [2.24, 2.45) is 5.41 Å². The first-order valence-corrected chi connectivity index (χ1v) is 10.8. The molecule has 1 aliphatic heterocycles. The van der Waals surface area contributed by atoms with Gasteiger partial charge in [-0.15, -0.1) is 11.8 Å². The summed E-state index contributed by atoms with van der Waals surface area (Å²) in [6, 6.07) is 13.5. The molecule has 0 bridgehead atoms. The number of phenolic OH excluding ortho intramolecular Hbond substituents is 1. The van der Waals surface area contributed by atoms with E-state index in [1.165, 1.54) is 4.90 Å². The molecule has 0 saturated carbocycles. The number of hydrogen-bond donors (Lipinski definition) is 2. The second-order valence-corrected chi connectivity index (χ2v) is 8.54. The highest BCUT2D eigenvalue weighted by Crippen LogP contribution is 2.51. The van der Waals surface area contributed by atoms with E-state index in [1.807, 2.05) is 30.0 Å². The van der Waals surface area contributed by atoms with E-state index in [-0.39, 0.29) is 17.1 Å². The van der Waals surface area contributed by atoms with E-state index in [1.54, 1.807) is 19.2 Å². The molecular weight excluding hydrogens is 356 g/mol. The number of unbranched alkanes of at least 4 members (excludes halogenated alkanes) is 1. The molecule has 1 heterocycles. The number of hydrogen-bond acceptors (Lipinski definition) is 4. The number of fused-ring (bicyclic) bond motifs is 1. The summed E-state index contributed by atoms with van der Waals surface area (Å²) in [5, 5.41) is 21.4. The maximum Gasteiger partial charge on any atom is 0.119 e. The van der Waals surface area contributed by atoms with Crippen molar-refractivity contribution >= 4 is 11.8 Å². The Kier molecular flexibility index (Phi) is 6.38. The minimum atomic E-state index is -0.487. The highest BCUT2D eigenvalue weighted by Gasteiger charge is 2.44. The molecule has 0 fully saturated rings. The molecular formula is C23H30O3S. The van der Waals surface area contributed by atoms with Crippen LogP contribution in [0.4, 0.5) is 0 Å². The smallest absolute Gasteiger partial charge is 0.119 e. The third-order valence-electron chi connectivity index (χ3n) is 5.99. The number of aromatic hydroxyl groups is 1. The van der Waals surface area contributed by atoms with Gasteiger partial charge in [0.1, 0.15) is 11.5 Å². The molecule has 1 aliphatic rings. The Labute approximate surface area is 166 Å². The maximum atomic E-state index is 11.7. The van der Waals surface area contributed by atoms with Crippen LogP contribution in [0, 0.1) is 5.41 Å². The lowest BCUT2D eigenvalue weighted by Crippen LogP contribution is -2.40. The third kappa shape index (κ3) is 3.97. The molecule has 0 unspecified atom stereocenters. The molecule has 27 heavy (non-hydrogen) atoms. The zero-order chi connectivity index (χ0) is 19.4. The second-order valence-electron chi connectivity index (χ2n) is 7.53. The summed E-state index contributed by atoms with van der Waals surface area (Å²) < 4.78 is 5.47. The van der Waals surface area contributed by atoms with E-state index in [0.29, 0.717) is 0 Å². The van der Waals surface area contributed by atoms with Gasteiger partial charge in [-0.3, -0.25) is 0 Å². The largest absolute Gasteiger partial charge is 0.508 e. The van der Waals surface area contributed by atoms with Gasteiger partial charge in [0, 0.05) is 22.0 Å². The van der Waals surface area contributed by atoms with Crippen LogP contribution in [0.25, 0.3) is 0 Å². The SMILES string of the molecule is CCCC[C@]1(CC)CSc2ccc(OC)cc2[C@@H](c2ccc(O)cc2)[C@H]1O. The number of aliphatic hydroxyl groups is 1. The summed E-state index contributed by atoms with van der Waals surface area (Å²) in [6.07, 6.45) is 3.73. The molecule has 0 aliphatic carbocycles. The molecule has 0 spiro atoms. The number of phenols is 1. The van der Waals surface area contributed by atoms with Gasteiger partial charge in [-0.1, -0.05) is 38.8 Å². The number of methoxy groups -OCH3 is 1. The summed E-state index contributed by atoms with van der Waals surface area (Å²) in [5.74, 6) is 1.83. The van der Waals surface area contributed by atoms with Gasteiger partial charge in [-0.2, -0.15) is 0 Å². The Hall–Kier alpha value is -1.65. The zero-order valence-corrected chi connectivity index (χ0v) is 17.3. The van der Waals surface area contributed by atoms with Gasteiger partial charge in [-0.05, 0) is 54.3 Å². The van der Waals surface area contributed by atoms with Crippen LogP contribution in [0.3, 0.4) is 0 Å². The molecule has 0 amide bonds. The van der Waals surface area contributed by atoms with E-state index in [2.05, 4.69) is 26.0 Å². The maximum absolute atomic E-state index is 11.7. The first-order valence-electron chi connectivity index (χ1n) is 9.82. The summed E-state index contributed by atoms with van der Waals surface area (Å²) >= 11 is 1.85. The minimum absolute atomic E-state index is 0.129. The number of rotatable bonds is 6. The topological polar surface area (TPSA) is 49.7 Å².